The molecule has 3 rings (SSSR count). The zero-order valence-electron chi connectivity index (χ0n) is 14.9. The molecule has 0 aromatic heterocycles. The Morgan fingerprint density at radius 1 is 0.929 bits per heavy atom. The normalized spacial score (nSPS) is 10.6. The van der Waals surface area contributed by atoms with Gasteiger partial charge in [-0.15, -0.1) is 0 Å². The molecule has 0 unspecified atom stereocenters. The Morgan fingerprint density at radius 2 is 1.71 bits per heavy atom. The predicted molar refractivity (Wildman–Crippen MR) is 120 cm³/mol. The Bertz CT molecular complexity index is 982. The van der Waals surface area contributed by atoms with Crippen molar-refractivity contribution in [2.75, 3.05) is 12.4 Å². The predicted octanol–water partition coefficient (Wildman–Crippen LogP) is 7.61. The van der Waals surface area contributed by atoms with E-state index in [2.05, 4.69) is 21.2 Å². The molecule has 0 aliphatic carbocycles. The summed E-state index contributed by atoms with van der Waals surface area (Å²) < 4.78 is 12.3. The quantitative estimate of drug-likeness (QED) is 0.361. The molecule has 3 aromatic carbocycles. The fourth-order valence-corrected chi connectivity index (χ4v) is 3.68. The average molecular weight is 502 g/mol. The molecule has 0 aliphatic heterocycles. The van der Waals surface area contributed by atoms with Crippen molar-refractivity contribution < 1.29 is 9.47 Å². The summed E-state index contributed by atoms with van der Waals surface area (Å²) in [7, 11) is 1.61. The molecule has 0 spiro atoms. The zero-order valence-corrected chi connectivity index (χ0v) is 18.8. The summed E-state index contributed by atoms with van der Waals surface area (Å²) in [6.45, 7) is 0.924. The number of halogens is 4. The molecule has 0 atom stereocenters. The van der Waals surface area contributed by atoms with Crippen LogP contribution in [0.15, 0.2) is 59.1 Å². The number of nitrogens with one attached hydrogen (secondary N) is 1. The lowest BCUT2D eigenvalue weighted by atomic mass is 10.2. The Balaban J connectivity index is 1.73. The van der Waals surface area contributed by atoms with E-state index in [1.54, 1.807) is 19.2 Å². The summed E-state index contributed by atoms with van der Waals surface area (Å²) >= 11 is 21.8. The lowest BCUT2D eigenvalue weighted by Crippen LogP contribution is -2.03. The molecule has 146 valence electrons. The molecule has 0 saturated carbocycles. The van der Waals surface area contributed by atoms with Crippen molar-refractivity contribution in [2.45, 2.75) is 13.2 Å². The minimum Gasteiger partial charge on any atom is -0.493 e. The van der Waals surface area contributed by atoms with E-state index in [-0.39, 0.29) is 0 Å². The van der Waals surface area contributed by atoms with Crippen molar-refractivity contribution in [1.82, 2.24) is 0 Å². The van der Waals surface area contributed by atoms with Gasteiger partial charge in [0.2, 0.25) is 0 Å². The second kappa shape index (κ2) is 9.75. The van der Waals surface area contributed by atoms with E-state index in [1.165, 1.54) is 0 Å². The molecule has 0 saturated heterocycles. The Labute approximate surface area is 187 Å². The molecule has 0 fully saturated rings. The molecule has 3 nitrogen and oxygen atoms in total. The first-order valence-electron chi connectivity index (χ1n) is 8.39. The van der Waals surface area contributed by atoms with Crippen molar-refractivity contribution >= 4 is 56.4 Å². The minimum atomic E-state index is 0.343. The summed E-state index contributed by atoms with van der Waals surface area (Å²) in [6.07, 6.45) is 0. The van der Waals surface area contributed by atoms with Gasteiger partial charge in [-0.05, 0) is 57.9 Å². The van der Waals surface area contributed by atoms with Crippen LogP contribution in [0.2, 0.25) is 15.1 Å². The van der Waals surface area contributed by atoms with Gasteiger partial charge in [-0.1, -0.05) is 53.0 Å². The summed E-state index contributed by atoms with van der Waals surface area (Å²) in [5.41, 5.74) is 2.80. The van der Waals surface area contributed by atoms with Crippen molar-refractivity contribution in [3.05, 3.63) is 85.3 Å². The summed E-state index contributed by atoms with van der Waals surface area (Å²) in [4.78, 5) is 0. The first-order chi connectivity index (χ1) is 13.5. The average Bonchev–Trinajstić information content (AvgIpc) is 2.68. The highest BCUT2D eigenvalue weighted by Crippen LogP contribution is 2.38. The molecule has 28 heavy (non-hydrogen) atoms. The Kier molecular flexibility index (Phi) is 7.36. The SMILES string of the molecule is COc1cc(CNc2ccc(Cl)c(Cl)c2)cc(Br)c1OCc1ccccc1Cl. The topological polar surface area (TPSA) is 30.5 Å². The largest absolute Gasteiger partial charge is 0.493 e. The summed E-state index contributed by atoms with van der Waals surface area (Å²) in [6, 6.07) is 16.9. The van der Waals surface area contributed by atoms with Crippen LogP contribution in [0.4, 0.5) is 5.69 Å². The van der Waals surface area contributed by atoms with Crippen LogP contribution in [0.25, 0.3) is 0 Å². The first kappa shape index (κ1) is 21.1. The molecule has 0 aliphatic rings. The standard InChI is InChI=1S/C21H17BrCl3NO2/c1-27-20-9-13(11-26-15-6-7-18(24)19(25)10-15)8-16(22)21(20)28-12-14-4-2-3-5-17(14)23/h2-10,26H,11-12H2,1H3. The third-order valence-corrected chi connectivity index (χ3v) is 5.73. The minimum absolute atomic E-state index is 0.343. The van der Waals surface area contributed by atoms with E-state index >= 15 is 0 Å². The van der Waals surface area contributed by atoms with Crippen LogP contribution in [0.1, 0.15) is 11.1 Å². The molecule has 0 heterocycles. The van der Waals surface area contributed by atoms with Crippen LogP contribution in [0.5, 0.6) is 11.5 Å². The van der Waals surface area contributed by atoms with Crippen LogP contribution in [0.3, 0.4) is 0 Å². The van der Waals surface area contributed by atoms with E-state index in [0.717, 1.165) is 21.3 Å². The van der Waals surface area contributed by atoms with Gasteiger partial charge < -0.3 is 14.8 Å². The molecular formula is C21H17BrCl3NO2. The van der Waals surface area contributed by atoms with Gasteiger partial charge in [-0.3, -0.25) is 0 Å². The molecular weight excluding hydrogens is 484 g/mol. The van der Waals surface area contributed by atoms with Gasteiger partial charge in [0.1, 0.15) is 6.61 Å². The third-order valence-electron chi connectivity index (χ3n) is 4.04. The number of benzene rings is 3. The summed E-state index contributed by atoms with van der Waals surface area (Å²) in [5, 5.41) is 5.01. The van der Waals surface area contributed by atoms with E-state index < -0.39 is 0 Å². The smallest absolute Gasteiger partial charge is 0.175 e. The van der Waals surface area contributed by atoms with Crippen LogP contribution in [-0.4, -0.2) is 7.11 Å². The molecule has 1 N–H and O–H groups in total. The molecule has 0 bridgehead atoms. The number of ether oxygens (including phenoxy) is 2. The van der Waals surface area contributed by atoms with Crippen LogP contribution in [-0.2, 0) is 13.2 Å². The number of rotatable bonds is 7. The van der Waals surface area contributed by atoms with Gasteiger partial charge in [0.15, 0.2) is 11.5 Å². The molecule has 3 aromatic rings. The maximum Gasteiger partial charge on any atom is 0.175 e. The van der Waals surface area contributed by atoms with Crippen LogP contribution in [0, 0.1) is 0 Å². The van der Waals surface area contributed by atoms with Crippen LogP contribution >= 0.6 is 50.7 Å². The van der Waals surface area contributed by atoms with Crippen LogP contribution < -0.4 is 14.8 Å². The fraction of sp³-hybridized carbons (Fsp3) is 0.143. The lowest BCUT2D eigenvalue weighted by Gasteiger charge is -2.15. The first-order valence-corrected chi connectivity index (χ1v) is 10.3. The maximum absolute atomic E-state index is 6.20. The van der Waals surface area contributed by atoms with Gasteiger partial charge in [0.05, 0.1) is 21.6 Å². The number of hydrogen-bond donors (Lipinski definition) is 1. The second-order valence-corrected chi connectivity index (χ2v) is 8.05. The maximum atomic E-state index is 6.20. The fourth-order valence-electron chi connectivity index (χ4n) is 2.59. The molecule has 7 heteroatoms. The lowest BCUT2D eigenvalue weighted by molar-refractivity contribution is 0.282. The van der Waals surface area contributed by atoms with Gasteiger partial charge in [-0.2, -0.15) is 0 Å². The highest BCUT2D eigenvalue weighted by atomic mass is 79.9. The summed E-state index contributed by atoms with van der Waals surface area (Å²) in [5.74, 6) is 1.26. The number of methoxy groups -OCH3 is 1. The second-order valence-electron chi connectivity index (χ2n) is 5.97. The van der Waals surface area contributed by atoms with Crippen molar-refractivity contribution in [3.8, 4) is 11.5 Å². The van der Waals surface area contributed by atoms with E-state index in [4.69, 9.17) is 44.3 Å². The van der Waals surface area contributed by atoms with Gasteiger partial charge in [0.25, 0.3) is 0 Å². The van der Waals surface area contributed by atoms with Gasteiger partial charge in [0, 0.05) is 22.8 Å². The Hall–Kier alpha value is -1.59. The zero-order chi connectivity index (χ0) is 20.1. The monoisotopic (exact) mass is 499 g/mol. The van der Waals surface area contributed by atoms with Crippen molar-refractivity contribution in [1.29, 1.82) is 0 Å². The highest BCUT2D eigenvalue weighted by molar-refractivity contribution is 9.10. The number of anilines is 1. The van der Waals surface area contributed by atoms with Gasteiger partial charge >= 0.3 is 0 Å². The highest BCUT2D eigenvalue weighted by Gasteiger charge is 2.13. The van der Waals surface area contributed by atoms with E-state index in [0.29, 0.717) is 39.7 Å². The van der Waals surface area contributed by atoms with E-state index in [9.17, 15) is 0 Å². The third kappa shape index (κ3) is 5.26. The van der Waals surface area contributed by atoms with Crippen molar-refractivity contribution in [2.24, 2.45) is 0 Å². The van der Waals surface area contributed by atoms with Gasteiger partial charge in [-0.25, -0.2) is 0 Å². The number of hydrogen-bond acceptors (Lipinski definition) is 3. The Morgan fingerprint density at radius 3 is 2.43 bits per heavy atom. The molecule has 0 amide bonds. The van der Waals surface area contributed by atoms with Crippen molar-refractivity contribution in [3.63, 3.8) is 0 Å². The molecule has 0 radical (unpaired) electrons. The van der Waals surface area contributed by atoms with E-state index in [1.807, 2.05) is 42.5 Å².